The second-order valence-electron chi connectivity index (χ2n) is 5.00. The van der Waals surface area contributed by atoms with Gasteiger partial charge in [0.1, 0.15) is 0 Å². The zero-order chi connectivity index (χ0) is 11.4. The third-order valence-electron chi connectivity index (χ3n) is 3.70. The molecule has 0 radical (unpaired) electrons. The molecule has 0 spiro atoms. The molecule has 0 unspecified atom stereocenters. The summed E-state index contributed by atoms with van der Waals surface area (Å²) in [5, 5.41) is 2.13. The molecule has 0 aromatic carbocycles. The van der Waals surface area contributed by atoms with Crippen molar-refractivity contribution in [2.45, 2.75) is 51.5 Å². The largest absolute Gasteiger partial charge is 0.288 e. The maximum Gasteiger partial charge on any atom is 0.237 e. The van der Waals surface area contributed by atoms with Crippen LogP contribution >= 0.6 is 0 Å². The Kier molecular flexibility index (Phi) is 3.99. The molecule has 2 aliphatic rings. The highest BCUT2D eigenvalue weighted by Gasteiger charge is 2.24. The highest BCUT2D eigenvalue weighted by Crippen LogP contribution is 2.19. The van der Waals surface area contributed by atoms with Crippen molar-refractivity contribution in [3.63, 3.8) is 0 Å². The van der Waals surface area contributed by atoms with E-state index in [2.05, 4.69) is 29.5 Å². The normalized spacial score (nSPS) is 31.3. The van der Waals surface area contributed by atoms with Crippen molar-refractivity contribution in [3.8, 4) is 0 Å². The van der Waals surface area contributed by atoms with Gasteiger partial charge in [-0.3, -0.25) is 10.2 Å². The van der Waals surface area contributed by atoms with Crippen LogP contribution in [0.25, 0.3) is 0 Å². The van der Waals surface area contributed by atoms with Crippen molar-refractivity contribution in [2.24, 2.45) is 5.92 Å². The summed E-state index contributed by atoms with van der Waals surface area (Å²) in [4.78, 5) is 12.0. The first-order valence-electron chi connectivity index (χ1n) is 6.49. The van der Waals surface area contributed by atoms with Crippen LogP contribution < -0.4 is 5.43 Å². The van der Waals surface area contributed by atoms with Crippen LogP contribution in [0.15, 0.2) is 12.2 Å². The molecular weight excluding hydrogens is 200 g/mol. The highest BCUT2D eigenvalue weighted by atomic mass is 16.2. The standard InChI is InChI=1S/C13H22N2O/c1-11-7-5-6-10-15(11)14-13(16)12-8-3-2-4-9-12/h2-3,11-12H,4-10H2,1H3,(H,14,16)/t11-,12+/m0/s1. The van der Waals surface area contributed by atoms with Gasteiger partial charge in [0.25, 0.3) is 0 Å². The number of piperidine rings is 1. The highest BCUT2D eigenvalue weighted by molar-refractivity contribution is 5.78. The van der Waals surface area contributed by atoms with Crippen molar-refractivity contribution >= 4 is 5.91 Å². The van der Waals surface area contributed by atoms with E-state index in [1.54, 1.807) is 0 Å². The average molecular weight is 222 g/mol. The summed E-state index contributed by atoms with van der Waals surface area (Å²) >= 11 is 0. The number of nitrogens with zero attached hydrogens (tertiary/aromatic N) is 1. The maximum atomic E-state index is 12.0. The summed E-state index contributed by atoms with van der Waals surface area (Å²) in [7, 11) is 0. The van der Waals surface area contributed by atoms with Crippen molar-refractivity contribution in [1.29, 1.82) is 0 Å². The van der Waals surface area contributed by atoms with Gasteiger partial charge in [-0.1, -0.05) is 18.6 Å². The topological polar surface area (TPSA) is 32.3 Å². The Morgan fingerprint density at radius 3 is 2.88 bits per heavy atom. The van der Waals surface area contributed by atoms with E-state index in [1.807, 2.05) is 0 Å². The quantitative estimate of drug-likeness (QED) is 0.727. The third-order valence-corrected chi connectivity index (χ3v) is 3.70. The van der Waals surface area contributed by atoms with E-state index < -0.39 is 0 Å². The van der Waals surface area contributed by atoms with Gasteiger partial charge in [0.05, 0.1) is 0 Å². The third kappa shape index (κ3) is 2.85. The van der Waals surface area contributed by atoms with Gasteiger partial charge in [-0.25, -0.2) is 5.01 Å². The predicted octanol–water partition coefficient (Wildman–Crippen LogP) is 2.25. The van der Waals surface area contributed by atoms with Gasteiger partial charge in [-0.05, 0) is 39.0 Å². The molecular formula is C13H22N2O. The number of hydrazine groups is 1. The van der Waals surface area contributed by atoms with Crippen molar-refractivity contribution in [2.75, 3.05) is 6.54 Å². The summed E-state index contributed by atoms with van der Waals surface area (Å²) in [5.74, 6) is 0.414. The average Bonchev–Trinajstić information content (AvgIpc) is 2.33. The number of carbonyl (C=O) groups is 1. The fourth-order valence-corrected chi connectivity index (χ4v) is 2.53. The maximum absolute atomic E-state index is 12.0. The number of rotatable bonds is 2. The molecule has 0 aromatic rings. The Hall–Kier alpha value is -0.830. The summed E-state index contributed by atoms with van der Waals surface area (Å²) in [6.45, 7) is 3.20. The molecule has 0 aromatic heterocycles. The molecule has 3 nitrogen and oxygen atoms in total. The molecule has 1 fully saturated rings. The van der Waals surface area contributed by atoms with E-state index in [9.17, 15) is 4.79 Å². The Labute approximate surface area is 97.9 Å². The molecule has 1 aliphatic heterocycles. The van der Waals surface area contributed by atoms with Gasteiger partial charge >= 0.3 is 0 Å². The minimum Gasteiger partial charge on any atom is -0.288 e. The van der Waals surface area contributed by atoms with E-state index >= 15 is 0 Å². The van der Waals surface area contributed by atoms with Gasteiger partial charge < -0.3 is 0 Å². The Balaban J connectivity index is 1.83. The predicted molar refractivity (Wildman–Crippen MR) is 64.6 cm³/mol. The SMILES string of the molecule is C[C@H]1CCCCN1NC(=O)[C@@H]1CC=CCC1. The van der Waals surface area contributed by atoms with Gasteiger partial charge in [-0.2, -0.15) is 0 Å². The van der Waals surface area contributed by atoms with Crippen molar-refractivity contribution < 1.29 is 4.79 Å². The van der Waals surface area contributed by atoms with E-state index in [0.717, 1.165) is 25.8 Å². The molecule has 0 saturated carbocycles. The first kappa shape index (κ1) is 11.6. The number of hydrogen-bond acceptors (Lipinski definition) is 2. The molecule has 3 heteroatoms. The first-order valence-corrected chi connectivity index (χ1v) is 6.49. The van der Waals surface area contributed by atoms with Crippen LogP contribution in [0.1, 0.15) is 45.4 Å². The van der Waals surface area contributed by atoms with Crippen LogP contribution in [0, 0.1) is 5.92 Å². The lowest BCUT2D eigenvalue weighted by Crippen LogP contribution is -2.51. The van der Waals surface area contributed by atoms with E-state index in [4.69, 9.17) is 0 Å². The van der Waals surface area contributed by atoms with Crippen LogP contribution in [0.3, 0.4) is 0 Å². The van der Waals surface area contributed by atoms with Gasteiger partial charge in [-0.15, -0.1) is 0 Å². The lowest BCUT2D eigenvalue weighted by Gasteiger charge is -2.34. The Bertz CT molecular complexity index is 275. The lowest BCUT2D eigenvalue weighted by molar-refractivity contribution is -0.131. The summed E-state index contributed by atoms with van der Waals surface area (Å²) in [6, 6.07) is 0.497. The molecule has 16 heavy (non-hydrogen) atoms. The second-order valence-corrected chi connectivity index (χ2v) is 5.00. The zero-order valence-corrected chi connectivity index (χ0v) is 10.1. The van der Waals surface area contributed by atoms with Crippen molar-refractivity contribution in [1.82, 2.24) is 10.4 Å². The fourth-order valence-electron chi connectivity index (χ4n) is 2.53. The van der Waals surface area contributed by atoms with E-state index in [-0.39, 0.29) is 11.8 Å². The molecule has 1 heterocycles. The smallest absolute Gasteiger partial charge is 0.237 e. The van der Waals surface area contributed by atoms with Gasteiger partial charge in [0.15, 0.2) is 0 Å². The number of allylic oxidation sites excluding steroid dienone is 2. The minimum atomic E-state index is 0.194. The molecule has 2 atom stereocenters. The first-order chi connectivity index (χ1) is 7.77. The molecule has 2 rings (SSSR count). The minimum absolute atomic E-state index is 0.194. The molecule has 1 amide bonds. The molecule has 0 bridgehead atoms. The second kappa shape index (κ2) is 5.48. The molecule has 1 N–H and O–H groups in total. The van der Waals surface area contributed by atoms with E-state index in [0.29, 0.717) is 6.04 Å². The van der Waals surface area contributed by atoms with Crippen LogP contribution in [-0.4, -0.2) is 23.5 Å². The van der Waals surface area contributed by atoms with Crippen LogP contribution in [0.5, 0.6) is 0 Å². The Morgan fingerprint density at radius 1 is 1.31 bits per heavy atom. The van der Waals surface area contributed by atoms with E-state index in [1.165, 1.54) is 19.3 Å². The number of carbonyl (C=O) groups excluding carboxylic acids is 1. The van der Waals surface area contributed by atoms with Crippen LogP contribution in [0.2, 0.25) is 0 Å². The van der Waals surface area contributed by atoms with Crippen molar-refractivity contribution in [3.05, 3.63) is 12.2 Å². The summed E-state index contributed by atoms with van der Waals surface area (Å²) < 4.78 is 0. The van der Waals surface area contributed by atoms with Gasteiger partial charge in [0.2, 0.25) is 5.91 Å². The fraction of sp³-hybridized carbons (Fsp3) is 0.769. The van der Waals surface area contributed by atoms with Gasteiger partial charge in [0, 0.05) is 18.5 Å². The summed E-state index contributed by atoms with van der Waals surface area (Å²) in [6.07, 6.45) is 11.0. The number of amides is 1. The van der Waals surface area contributed by atoms with Crippen LogP contribution in [0.4, 0.5) is 0 Å². The Morgan fingerprint density at radius 2 is 2.19 bits per heavy atom. The molecule has 1 saturated heterocycles. The summed E-state index contributed by atoms with van der Waals surface area (Å²) in [5.41, 5.74) is 3.10. The molecule has 1 aliphatic carbocycles. The number of hydrogen-bond donors (Lipinski definition) is 1. The number of nitrogens with one attached hydrogen (secondary N) is 1. The monoisotopic (exact) mass is 222 g/mol. The molecule has 90 valence electrons. The lowest BCUT2D eigenvalue weighted by atomic mass is 9.94. The zero-order valence-electron chi connectivity index (χ0n) is 10.1. The van der Waals surface area contributed by atoms with Crippen LogP contribution in [-0.2, 0) is 4.79 Å².